The molecule has 1 heterocycles. The molecule has 2 saturated carbocycles. The molecule has 0 saturated heterocycles. The van der Waals surface area contributed by atoms with Crippen LogP contribution in [0.2, 0.25) is 0 Å². The van der Waals surface area contributed by atoms with E-state index in [2.05, 4.69) is 4.98 Å². The first-order valence-corrected chi connectivity index (χ1v) is 11.2. The van der Waals surface area contributed by atoms with E-state index in [1.807, 2.05) is 18.2 Å². The van der Waals surface area contributed by atoms with Crippen LogP contribution in [0.5, 0.6) is 5.75 Å². The van der Waals surface area contributed by atoms with Gasteiger partial charge >= 0.3 is 0 Å². The van der Waals surface area contributed by atoms with Crippen LogP contribution in [0, 0.1) is 23.7 Å². The number of fused-ring (bicyclic) bond motifs is 3. The first kappa shape index (κ1) is 22.8. The molecule has 0 spiro atoms. The predicted molar refractivity (Wildman–Crippen MR) is 122 cm³/mol. The van der Waals surface area contributed by atoms with Crippen LogP contribution in [-0.4, -0.2) is 49.8 Å². The second-order valence-corrected chi connectivity index (χ2v) is 9.38. The highest BCUT2D eigenvalue weighted by atomic mass is 16.3. The Morgan fingerprint density at radius 3 is 2.43 bits per heavy atom. The third kappa shape index (κ3) is 3.34. The molecule has 1 amide bonds. The summed E-state index contributed by atoms with van der Waals surface area (Å²) >= 11 is 0. The molecule has 3 aliphatic carbocycles. The van der Waals surface area contributed by atoms with Crippen LogP contribution in [0.3, 0.4) is 0 Å². The smallest absolute Gasteiger partial charge is 0.235 e. The molecule has 0 aliphatic heterocycles. The number of phenolic OH excluding ortho intramolecular Hbond substituents is 1. The zero-order valence-corrected chi connectivity index (χ0v) is 18.5. The fourth-order valence-corrected chi connectivity index (χ4v) is 5.81. The summed E-state index contributed by atoms with van der Waals surface area (Å²) in [7, 11) is 0. The van der Waals surface area contributed by atoms with Crippen LogP contribution < -0.4 is 5.73 Å². The summed E-state index contributed by atoms with van der Waals surface area (Å²) in [5, 5.41) is 21.7. The highest BCUT2D eigenvalue weighted by Gasteiger charge is 2.66. The molecule has 35 heavy (non-hydrogen) atoms. The lowest BCUT2D eigenvalue weighted by Gasteiger charge is -2.48. The zero-order chi connectivity index (χ0) is 25.1. The van der Waals surface area contributed by atoms with Crippen LogP contribution >= 0.6 is 0 Å². The van der Waals surface area contributed by atoms with Gasteiger partial charge in [-0.15, -0.1) is 0 Å². The Balaban J connectivity index is 1.56. The quantitative estimate of drug-likeness (QED) is 0.552. The van der Waals surface area contributed by atoms with Crippen LogP contribution in [0.15, 0.2) is 36.7 Å². The van der Waals surface area contributed by atoms with Crippen LogP contribution in [0.25, 0.3) is 12.2 Å². The zero-order valence-electron chi connectivity index (χ0n) is 18.5. The molecule has 9 heteroatoms. The Bertz CT molecular complexity index is 1330. The van der Waals surface area contributed by atoms with Gasteiger partial charge in [0.2, 0.25) is 5.91 Å². The Morgan fingerprint density at radius 2 is 1.74 bits per heavy atom. The number of nitrogens with zero attached hydrogens (tertiary/aromatic N) is 1. The number of aromatic hydroxyl groups is 1. The minimum Gasteiger partial charge on any atom is -0.507 e. The van der Waals surface area contributed by atoms with Crippen molar-refractivity contribution in [1.29, 1.82) is 0 Å². The Labute approximate surface area is 199 Å². The van der Waals surface area contributed by atoms with E-state index in [1.165, 1.54) is 6.07 Å². The van der Waals surface area contributed by atoms with Crippen molar-refractivity contribution in [2.24, 2.45) is 29.4 Å². The molecule has 178 valence electrons. The topological polar surface area (TPSA) is 165 Å². The number of ketones is 4. The number of rotatable bonds is 3. The maximum absolute atomic E-state index is 13.5. The summed E-state index contributed by atoms with van der Waals surface area (Å²) in [6.07, 6.45) is 6.85. The van der Waals surface area contributed by atoms with Gasteiger partial charge in [0.05, 0.1) is 11.5 Å². The van der Waals surface area contributed by atoms with E-state index in [0.717, 1.165) is 5.56 Å². The first-order chi connectivity index (χ1) is 16.6. The Morgan fingerprint density at radius 1 is 1.03 bits per heavy atom. The van der Waals surface area contributed by atoms with Crippen molar-refractivity contribution in [3.05, 3.63) is 58.9 Å². The summed E-state index contributed by atoms with van der Waals surface area (Å²) in [6, 6.07) is 6.65. The number of phenols is 1. The van der Waals surface area contributed by atoms with Crippen LogP contribution in [0.4, 0.5) is 0 Å². The minimum absolute atomic E-state index is 0.0238. The highest BCUT2D eigenvalue weighted by Crippen LogP contribution is 2.50. The van der Waals surface area contributed by atoms with E-state index in [1.54, 1.807) is 24.5 Å². The van der Waals surface area contributed by atoms with Crippen molar-refractivity contribution in [3.63, 3.8) is 0 Å². The van der Waals surface area contributed by atoms with Crippen LogP contribution in [0.1, 0.15) is 39.9 Å². The van der Waals surface area contributed by atoms with Gasteiger partial charge in [0, 0.05) is 24.7 Å². The van der Waals surface area contributed by atoms with E-state index in [0.29, 0.717) is 11.1 Å². The number of primary amides is 1. The summed E-state index contributed by atoms with van der Waals surface area (Å²) in [5.41, 5.74) is 4.64. The number of Topliss-reactive ketones (excluding diaryl/α,β-unsaturated/α-hetero) is 4. The van der Waals surface area contributed by atoms with E-state index in [4.69, 9.17) is 5.73 Å². The Hall–Kier alpha value is -3.98. The molecule has 1 aromatic heterocycles. The van der Waals surface area contributed by atoms with Gasteiger partial charge in [-0.2, -0.15) is 0 Å². The van der Waals surface area contributed by atoms with Gasteiger partial charge in [-0.05, 0) is 53.6 Å². The summed E-state index contributed by atoms with van der Waals surface area (Å²) in [6.45, 7) is 0. The van der Waals surface area contributed by atoms with Crippen molar-refractivity contribution in [2.75, 3.05) is 0 Å². The number of nitrogens with two attached hydrogens (primary N) is 1. The van der Waals surface area contributed by atoms with Gasteiger partial charge in [-0.3, -0.25) is 29.0 Å². The standard InChI is InChI=1S/C26H22N2O7/c27-25(34)21-18(30)11-15-9-14-10-16-13(2-1-12-5-7-28-8-6-12)3-4-17(29)20(16)22(31)19(14)23(32)26(15,35)24(21)33/h1-8,14-15,19,21,29,35H,9-11H2,(H2,27,34)/t14-,15+,19?,21?,26+/m1/s1. The molecule has 5 atom stereocenters. The van der Waals surface area contributed by atoms with Gasteiger partial charge in [-0.1, -0.05) is 18.2 Å². The summed E-state index contributed by atoms with van der Waals surface area (Å²) in [4.78, 5) is 68.0. The molecule has 1 aromatic carbocycles. The van der Waals surface area contributed by atoms with Crippen molar-refractivity contribution in [2.45, 2.75) is 24.9 Å². The lowest BCUT2D eigenvalue weighted by atomic mass is 9.53. The van der Waals surface area contributed by atoms with E-state index in [-0.39, 0.29) is 30.6 Å². The molecule has 4 N–H and O–H groups in total. The average molecular weight is 474 g/mol. The third-order valence-electron chi connectivity index (χ3n) is 7.48. The SMILES string of the molecule is NC(=O)C1C(=O)C[C@@H]2C[C@@H]3Cc4c(C=Cc5ccncc5)ccc(O)c4C(=O)C3C(=O)[C@]2(O)C1=O. The third-order valence-corrected chi connectivity index (χ3v) is 7.48. The molecular weight excluding hydrogens is 452 g/mol. The second kappa shape index (κ2) is 8.06. The number of aromatic nitrogens is 1. The van der Waals surface area contributed by atoms with Gasteiger partial charge < -0.3 is 15.9 Å². The lowest BCUT2D eigenvalue weighted by molar-refractivity contribution is -0.175. The number of aliphatic hydroxyl groups is 1. The van der Waals surface area contributed by atoms with Gasteiger partial charge in [-0.25, -0.2) is 0 Å². The first-order valence-electron chi connectivity index (χ1n) is 11.2. The van der Waals surface area contributed by atoms with Crippen LogP contribution in [-0.2, 0) is 25.6 Å². The molecule has 2 unspecified atom stereocenters. The van der Waals surface area contributed by atoms with Crippen molar-refractivity contribution in [3.8, 4) is 5.75 Å². The molecule has 9 nitrogen and oxygen atoms in total. The fourth-order valence-electron chi connectivity index (χ4n) is 5.81. The number of pyridine rings is 1. The molecular formula is C26H22N2O7. The van der Waals surface area contributed by atoms with E-state index in [9.17, 15) is 34.2 Å². The van der Waals surface area contributed by atoms with Gasteiger partial charge in [0.15, 0.2) is 34.7 Å². The molecule has 3 aliphatic rings. The number of amides is 1. The van der Waals surface area contributed by atoms with E-state index >= 15 is 0 Å². The molecule has 2 aromatic rings. The number of benzene rings is 1. The average Bonchev–Trinajstić information content (AvgIpc) is 2.81. The number of carbonyl (C=O) groups is 5. The normalized spacial score (nSPS) is 30.1. The molecule has 2 fully saturated rings. The lowest BCUT2D eigenvalue weighted by Crippen LogP contribution is -2.68. The van der Waals surface area contributed by atoms with Gasteiger partial charge in [0.1, 0.15) is 5.75 Å². The Kier molecular flexibility index (Phi) is 5.25. The predicted octanol–water partition coefficient (Wildman–Crippen LogP) is 0.892. The van der Waals surface area contributed by atoms with E-state index < -0.39 is 58.3 Å². The maximum atomic E-state index is 13.5. The number of carbonyl (C=O) groups excluding carboxylic acids is 5. The highest BCUT2D eigenvalue weighted by molar-refractivity contribution is 6.31. The monoisotopic (exact) mass is 474 g/mol. The van der Waals surface area contributed by atoms with Crippen molar-refractivity contribution in [1.82, 2.24) is 4.98 Å². The molecule has 0 radical (unpaired) electrons. The second-order valence-electron chi connectivity index (χ2n) is 9.38. The largest absolute Gasteiger partial charge is 0.507 e. The number of hydrogen-bond donors (Lipinski definition) is 3. The minimum atomic E-state index is -2.64. The summed E-state index contributed by atoms with van der Waals surface area (Å²) in [5.74, 6) is -10.2. The number of hydrogen-bond acceptors (Lipinski definition) is 8. The van der Waals surface area contributed by atoms with Crippen molar-refractivity contribution >= 4 is 41.2 Å². The maximum Gasteiger partial charge on any atom is 0.235 e. The van der Waals surface area contributed by atoms with Crippen molar-refractivity contribution < 1.29 is 34.2 Å². The van der Waals surface area contributed by atoms with Gasteiger partial charge in [0.25, 0.3) is 0 Å². The molecule has 5 rings (SSSR count). The molecule has 0 bridgehead atoms. The fraction of sp³-hybridized carbons (Fsp3) is 0.308. The summed E-state index contributed by atoms with van der Waals surface area (Å²) < 4.78 is 0.